The number of thiophene rings is 1. The van der Waals surface area contributed by atoms with Crippen LogP contribution in [0.2, 0.25) is 0 Å². The summed E-state index contributed by atoms with van der Waals surface area (Å²) >= 11 is 2.62. The van der Waals surface area contributed by atoms with Gasteiger partial charge in [-0.1, -0.05) is 11.8 Å². The summed E-state index contributed by atoms with van der Waals surface area (Å²) in [6.45, 7) is -0.256. The quantitative estimate of drug-likeness (QED) is 0.394. The Balaban J connectivity index is 1.58. The van der Waals surface area contributed by atoms with Gasteiger partial charge >= 0.3 is 0 Å². The Morgan fingerprint density at radius 3 is 2.92 bits per heavy atom. The number of imidazole rings is 1. The number of amides is 1. The molecule has 0 atom stereocenters. The Bertz CT molecular complexity index is 937. The molecule has 3 N–H and O–H groups in total. The molecule has 0 radical (unpaired) electrons. The fraction of sp³-hybridized carbons (Fsp3) is 0.250. The maximum atomic E-state index is 12.3. The van der Waals surface area contributed by atoms with Crippen molar-refractivity contribution in [1.82, 2.24) is 20.3 Å². The van der Waals surface area contributed by atoms with Crippen molar-refractivity contribution in [3.05, 3.63) is 34.0 Å². The number of rotatable bonds is 8. The number of aliphatic hydroxyl groups is 1. The molecule has 8 nitrogen and oxygen atoms in total. The van der Waals surface area contributed by atoms with Crippen LogP contribution >= 0.6 is 23.1 Å². The van der Waals surface area contributed by atoms with E-state index in [1.165, 1.54) is 23.1 Å². The number of aliphatic hydroxyl groups excluding tert-OH is 1. The molecule has 26 heavy (non-hydrogen) atoms. The first-order valence-electron chi connectivity index (χ1n) is 7.62. The van der Waals surface area contributed by atoms with Gasteiger partial charge in [-0.2, -0.15) is 4.98 Å². The first-order chi connectivity index (χ1) is 12.6. The van der Waals surface area contributed by atoms with Crippen LogP contribution in [-0.2, 0) is 11.3 Å². The summed E-state index contributed by atoms with van der Waals surface area (Å²) in [5.41, 5.74) is 1.32. The number of nitrogens with one attached hydrogen (secondary N) is 2. The van der Waals surface area contributed by atoms with Crippen molar-refractivity contribution in [2.75, 3.05) is 19.5 Å². The molecular weight excluding hydrogens is 376 g/mol. The zero-order valence-corrected chi connectivity index (χ0v) is 15.4. The maximum Gasteiger partial charge on any atom is 0.246 e. The van der Waals surface area contributed by atoms with Gasteiger partial charge in [0.15, 0.2) is 16.6 Å². The van der Waals surface area contributed by atoms with E-state index >= 15 is 0 Å². The summed E-state index contributed by atoms with van der Waals surface area (Å²) < 4.78 is 5.07. The number of ether oxygens (including phenoxy) is 1. The second kappa shape index (κ2) is 8.30. The number of nitrogens with zero attached hydrogens (tertiary/aromatic N) is 2. The third kappa shape index (κ3) is 4.40. The van der Waals surface area contributed by atoms with E-state index in [0.717, 1.165) is 10.4 Å². The standard InChI is InChI=1S/C16H16N4O4S2/c1-24-14-5-3-10-15(19-14)20-16(18-10)25-8-11(22)12-4-2-9(26-12)6-17-13(23)7-21/h2-5,21H,6-8H2,1H3,(H,17,23)(H,18,19,20). The molecule has 0 saturated heterocycles. The molecule has 0 aliphatic heterocycles. The molecule has 0 aliphatic carbocycles. The minimum Gasteiger partial charge on any atom is -0.481 e. The number of hydrogen-bond acceptors (Lipinski definition) is 8. The molecule has 1 amide bonds. The number of ketones is 1. The number of H-pyrrole nitrogens is 1. The van der Waals surface area contributed by atoms with Crippen LogP contribution in [0, 0.1) is 0 Å². The van der Waals surface area contributed by atoms with Crippen LogP contribution in [-0.4, -0.2) is 51.2 Å². The number of methoxy groups -OCH3 is 1. The summed E-state index contributed by atoms with van der Waals surface area (Å²) in [6.07, 6.45) is 0. The third-order valence-electron chi connectivity index (χ3n) is 3.39. The average Bonchev–Trinajstić information content (AvgIpc) is 3.29. The van der Waals surface area contributed by atoms with E-state index in [2.05, 4.69) is 20.3 Å². The molecule has 0 bridgehead atoms. The Morgan fingerprint density at radius 1 is 1.31 bits per heavy atom. The zero-order valence-electron chi connectivity index (χ0n) is 13.8. The first-order valence-corrected chi connectivity index (χ1v) is 9.42. The van der Waals surface area contributed by atoms with E-state index < -0.39 is 12.5 Å². The molecule has 0 saturated carbocycles. The van der Waals surface area contributed by atoms with E-state index in [9.17, 15) is 9.59 Å². The second-order valence-corrected chi connectivity index (χ2v) is 7.31. The number of carbonyl (C=O) groups excluding carboxylic acids is 2. The van der Waals surface area contributed by atoms with Crippen molar-refractivity contribution in [3.63, 3.8) is 0 Å². The average molecular weight is 392 g/mol. The number of Topliss-reactive ketones (excluding diaryl/α,β-unsaturated/α-hetero) is 1. The Morgan fingerprint density at radius 2 is 2.15 bits per heavy atom. The maximum absolute atomic E-state index is 12.3. The first kappa shape index (κ1) is 18.4. The zero-order chi connectivity index (χ0) is 18.5. The largest absolute Gasteiger partial charge is 0.481 e. The molecule has 0 spiro atoms. The molecule has 136 valence electrons. The number of hydrogen-bond donors (Lipinski definition) is 3. The Kier molecular flexibility index (Phi) is 5.86. The Hall–Kier alpha value is -2.43. The molecule has 0 unspecified atom stereocenters. The number of pyridine rings is 1. The number of carbonyl (C=O) groups is 2. The van der Waals surface area contributed by atoms with E-state index in [4.69, 9.17) is 9.84 Å². The molecule has 3 aromatic rings. The van der Waals surface area contributed by atoms with Crippen LogP contribution in [0.4, 0.5) is 0 Å². The third-order valence-corrected chi connectivity index (χ3v) is 5.39. The number of aromatic nitrogens is 3. The van der Waals surface area contributed by atoms with Crippen LogP contribution in [0.1, 0.15) is 14.5 Å². The van der Waals surface area contributed by atoms with Crippen LogP contribution in [0.15, 0.2) is 29.4 Å². The van der Waals surface area contributed by atoms with E-state index in [0.29, 0.717) is 28.1 Å². The van der Waals surface area contributed by atoms with Crippen molar-refractivity contribution in [2.45, 2.75) is 11.7 Å². The fourth-order valence-corrected chi connectivity index (χ4v) is 3.84. The smallest absolute Gasteiger partial charge is 0.246 e. The minimum absolute atomic E-state index is 0.0225. The summed E-state index contributed by atoms with van der Waals surface area (Å²) in [6, 6.07) is 7.09. The van der Waals surface area contributed by atoms with Crippen molar-refractivity contribution in [3.8, 4) is 5.88 Å². The van der Waals surface area contributed by atoms with Crippen LogP contribution < -0.4 is 10.1 Å². The van der Waals surface area contributed by atoms with Crippen molar-refractivity contribution < 1.29 is 19.4 Å². The number of aromatic amines is 1. The lowest BCUT2D eigenvalue weighted by molar-refractivity contribution is -0.123. The van der Waals surface area contributed by atoms with Crippen molar-refractivity contribution in [2.24, 2.45) is 0 Å². The highest BCUT2D eigenvalue weighted by molar-refractivity contribution is 7.99. The summed E-state index contributed by atoms with van der Waals surface area (Å²) in [5, 5.41) is 11.8. The second-order valence-electron chi connectivity index (χ2n) is 5.18. The predicted molar refractivity (Wildman–Crippen MR) is 98.7 cm³/mol. The highest BCUT2D eigenvalue weighted by Gasteiger charge is 2.13. The van der Waals surface area contributed by atoms with Gasteiger partial charge in [-0.25, -0.2) is 4.98 Å². The van der Waals surface area contributed by atoms with Crippen molar-refractivity contribution in [1.29, 1.82) is 0 Å². The van der Waals surface area contributed by atoms with Crippen LogP contribution in [0.3, 0.4) is 0 Å². The lowest BCUT2D eigenvalue weighted by Gasteiger charge is -1.99. The van der Waals surface area contributed by atoms with Crippen LogP contribution in [0.25, 0.3) is 11.2 Å². The predicted octanol–water partition coefficient (Wildman–Crippen LogP) is 1.61. The summed E-state index contributed by atoms with van der Waals surface area (Å²) in [7, 11) is 1.54. The highest BCUT2D eigenvalue weighted by atomic mass is 32.2. The molecule has 3 heterocycles. The molecule has 0 aromatic carbocycles. The fourth-order valence-electron chi connectivity index (χ4n) is 2.10. The topological polar surface area (TPSA) is 117 Å². The van der Waals surface area contributed by atoms with Gasteiger partial charge in [-0.3, -0.25) is 9.59 Å². The minimum atomic E-state index is -0.550. The van der Waals surface area contributed by atoms with Gasteiger partial charge in [0.2, 0.25) is 11.8 Å². The van der Waals surface area contributed by atoms with Gasteiger partial charge in [0, 0.05) is 10.9 Å². The van der Waals surface area contributed by atoms with E-state index in [1.54, 1.807) is 25.3 Å². The highest BCUT2D eigenvalue weighted by Crippen LogP contribution is 2.23. The molecule has 3 aromatic heterocycles. The Labute approximate surface area is 157 Å². The number of fused-ring (bicyclic) bond motifs is 1. The van der Waals surface area contributed by atoms with Gasteiger partial charge in [-0.15, -0.1) is 11.3 Å². The lowest BCUT2D eigenvalue weighted by atomic mass is 10.3. The van der Waals surface area contributed by atoms with Crippen LogP contribution in [0.5, 0.6) is 5.88 Å². The monoisotopic (exact) mass is 392 g/mol. The molecule has 10 heteroatoms. The normalized spacial score (nSPS) is 10.8. The van der Waals surface area contributed by atoms with Gasteiger partial charge in [0.25, 0.3) is 0 Å². The van der Waals surface area contributed by atoms with E-state index in [1.807, 2.05) is 6.07 Å². The van der Waals surface area contributed by atoms with Gasteiger partial charge < -0.3 is 20.1 Å². The SMILES string of the molecule is COc1ccc2[nH]c(SCC(=O)c3ccc(CNC(=O)CO)s3)nc2n1. The molecular formula is C16H16N4O4S2. The van der Waals surface area contributed by atoms with Gasteiger partial charge in [0.05, 0.1) is 29.8 Å². The molecule has 0 aliphatic rings. The number of thioether (sulfide) groups is 1. The lowest BCUT2D eigenvalue weighted by Crippen LogP contribution is -2.25. The summed E-state index contributed by atoms with van der Waals surface area (Å²) in [4.78, 5) is 36.5. The van der Waals surface area contributed by atoms with Gasteiger partial charge in [-0.05, 0) is 18.2 Å². The molecule has 3 rings (SSSR count). The summed E-state index contributed by atoms with van der Waals surface area (Å²) in [5.74, 6) is 0.249. The molecule has 0 fully saturated rings. The van der Waals surface area contributed by atoms with Gasteiger partial charge in [0.1, 0.15) is 6.61 Å². The van der Waals surface area contributed by atoms with E-state index in [-0.39, 0.29) is 11.5 Å². The van der Waals surface area contributed by atoms with Crippen molar-refractivity contribution >= 4 is 46.0 Å².